The minimum absolute atomic E-state index is 0.119. The maximum absolute atomic E-state index is 12.5. The SMILES string of the molecule is Cc1ccc2c(c1)c(S(C)(=O)=O)c1n2C[C@](c2ccccc2)([N+](=O)[O-])CC1. The second-order valence-corrected chi connectivity index (χ2v) is 9.26. The van der Waals surface area contributed by atoms with Crippen LogP contribution in [0.2, 0.25) is 0 Å². The topological polar surface area (TPSA) is 82.2 Å². The Morgan fingerprint density at radius 2 is 1.85 bits per heavy atom. The fourth-order valence-electron chi connectivity index (χ4n) is 4.24. The van der Waals surface area contributed by atoms with Crippen molar-refractivity contribution >= 4 is 20.7 Å². The van der Waals surface area contributed by atoms with E-state index in [1.165, 1.54) is 6.26 Å². The highest BCUT2D eigenvalue weighted by molar-refractivity contribution is 7.91. The number of hydrogen-bond acceptors (Lipinski definition) is 4. The van der Waals surface area contributed by atoms with Gasteiger partial charge in [-0.05, 0) is 25.5 Å². The molecule has 6 nitrogen and oxygen atoms in total. The summed E-state index contributed by atoms with van der Waals surface area (Å²) in [5.41, 5.74) is 1.75. The number of nitrogens with zero attached hydrogens (tertiary/aromatic N) is 2. The molecule has 0 saturated carbocycles. The van der Waals surface area contributed by atoms with Crippen LogP contribution in [0.5, 0.6) is 0 Å². The summed E-state index contributed by atoms with van der Waals surface area (Å²) in [5, 5.41) is 12.8. The Morgan fingerprint density at radius 3 is 2.48 bits per heavy atom. The van der Waals surface area contributed by atoms with Crippen LogP contribution in [0.3, 0.4) is 0 Å². The molecule has 0 bridgehead atoms. The van der Waals surface area contributed by atoms with Gasteiger partial charge in [-0.2, -0.15) is 0 Å². The summed E-state index contributed by atoms with van der Waals surface area (Å²) in [6, 6.07) is 14.6. The van der Waals surface area contributed by atoms with Gasteiger partial charge in [0.05, 0.1) is 11.4 Å². The summed E-state index contributed by atoms with van der Waals surface area (Å²) < 4.78 is 26.9. The van der Waals surface area contributed by atoms with Crippen molar-refractivity contribution in [3.8, 4) is 0 Å². The van der Waals surface area contributed by atoms with Gasteiger partial charge in [0.1, 0.15) is 0 Å². The molecule has 0 saturated heterocycles. The summed E-state index contributed by atoms with van der Waals surface area (Å²) in [4.78, 5) is 12.2. The third-order valence-corrected chi connectivity index (χ3v) is 6.70. The molecule has 4 rings (SSSR count). The van der Waals surface area contributed by atoms with E-state index in [-0.39, 0.29) is 17.9 Å². The van der Waals surface area contributed by atoms with Gasteiger partial charge < -0.3 is 4.57 Å². The van der Waals surface area contributed by atoms with Crippen molar-refractivity contribution in [2.75, 3.05) is 6.26 Å². The van der Waals surface area contributed by atoms with Gasteiger partial charge in [-0.25, -0.2) is 8.42 Å². The van der Waals surface area contributed by atoms with Crippen molar-refractivity contribution in [1.82, 2.24) is 4.57 Å². The Balaban J connectivity index is 2.01. The Bertz CT molecular complexity index is 1170. The highest BCUT2D eigenvalue weighted by Crippen LogP contribution is 2.42. The predicted molar refractivity (Wildman–Crippen MR) is 103 cm³/mol. The molecular weight excluding hydrogens is 364 g/mol. The van der Waals surface area contributed by atoms with Crippen molar-refractivity contribution in [3.05, 3.63) is 75.5 Å². The summed E-state index contributed by atoms with van der Waals surface area (Å²) in [6.45, 7) is 2.03. The molecular formula is C20H20N2O4S. The molecule has 1 aliphatic rings. The summed E-state index contributed by atoms with van der Waals surface area (Å²) in [5.74, 6) is 0. The van der Waals surface area contributed by atoms with Crippen LogP contribution in [0.1, 0.15) is 23.2 Å². The molecule has 2 aromatic carbocycles. The van der Waals surface area contributed by atoms with Crippen molar-refractivity contribution in [2.45, 2.75) is 36.7 Å². The zero-order valence-corrected chi connectivity index (χ0v) is 16.0. The Labute approximate surface area is 157 Å². The quantitative estimate of drug-likeness (QED) is 0.511. The zero-order valence-electron chi connectivity index (χ0n) is 15.2. The van der Waals surface area contributed by atoms with E-state index in [4.69, 9.17) is 0 Å². The molecule has 0 unspecified atom stereocenters. The van der Waals surface area contributed by atoms with Gasteiger partial charge in [-0.15, -0.1) is 0 Å². The number of nitro groups is 1. The van der Waals surface area contributed by atoms with E-state index in [9.17, 15) is 18.5 Å². The number of hydrogen-bond donors (Lipinski definition) is 0. The van der Waals surface area contributed by atoms with E-state index in [0.717, 1.165) is 11.1 Å². The minimum Gasteiger partial charge on any atom is -0.336 e. The van der Waals surface area contributed by atoms with Crippen molar-refractivity contribution in [2.24, 2.45) is 0 Å². The first-order chi connectivity index (χ1) is 12.7. The lowest BCUT2D eigenvalue weighted by Crippen LogP contribution is -2.43. The molecule has 140 valence electrons. The average Bonchev–Trinajstić information content (AvgIpc) is 2.94. The second kappa shape index (κ2) is 5.92. The highest BCUT2D eigenvalue weighted by Gasteiger charge is 2.49. The molecule has 3 aromatic rings. The van der Waals surface area contributed by atoms with Crippen LogP contribution >= 0.6 is 0 Å². The van der Waals surface area contributed by atoms with Gasteiger partial charge in [0.15, 0.2) is 9.84 Å². The van der Waals surface area contributed by atoms with E-state index in [0.29, 0.717) is 28.0 Å². The molecule has 0 amide bonds. The van der Waals surface area contributed by atoms with E-state index in [1.54, 1.807) is 24.3 Å². The van der Waals surface area contributed by atoms with E-state index in [1.807, 2.05) is 35.8 Å². The highest BCUT2D eigenvalue weighted by atomic mass is 32.2. The summed E-state index contributed by atoms with van der Waals surface area (Å²) in [6.07, 6.45) is 1.81. The predicted octanol–water partition coefficient (Wildman–Crippen LogP) is 3.47. The summed E-state index contributed by atoms with van der Waals surface area (Å²) in [7, 11) is -3.46. The van der Waals surface area contributed by atoms with Crippen LogP contribution < -0.4 is 0 Å². The van der Waals surface area contributed by atoms with E-state index >= 15 is 0 Å². The van der Waals surface area contributed by atoms with Crippen LogP contribution in [0, 0.1) is 17.0 Å². The minimum atomic E-state index is -3.46. The number of fused-ring (bicyclic) bond motifs is 3. The second-order valence-electron chi connectivity index (χ2n) is 7.31. The van der Waals surface area contributed by atoms with Gasteiger partial charge in [0, 0.05) is 39.8 Å². The molecule has 0 fully saturated rings. The van der Waals surface area contributed by atoms with Crippen LogP contribution in [0.4, 0.5) is 0 Å². The monoisotopic (exact) mass is 384 g/mol. The first-order valence-corrected chi connectivity index (χ1v) is 10.6. The van der Waals surface area contributed by atoms with Crippen molar-refractivity contribution in [1.29, 1.82) is 0 Å². The van der Waals surface area contributed by atoms with Gasteiger partial charge in [0.25, 0.3) is 5.54 Å². The van der Waals surface area contributed by atoms with Crippen molar-refractivity contribution in [3.63, 3.8) is 0 Å². The normalized spacial score (nSPS) is 19.8. The molecule has 1 atom stereocenters. The van der Waals surface area contributed by atoms with Gasteiger partial charge in [-0.3, -0.25) is 10.1 Å². The first kappa shape index (κ1) is 17.7. The Hall–Kier alpha value is -2.67. The fourth-order valence-corrected chi connectivity index (χ4v) is 5.44. The summed E-state index contributed by atoms with van der Waals surface area (Å²) >= 11 is 0. The van der Waals surface area contributed by atoms with Crippen LogP contribution in [-0.2, 0) is 28.3 Å². The molecule has 27 heavy (non-hydrogen) atoms. The van der Waals surface area contributed by atoms with Crippen LogP contribution in [0.25, 0.3) is 10.9 Å². The lowest BCUT2D eigenvalue weighted by molar-refractivity contribution is -0.585. The van der Waals surface area contributed by atoms with E-state index < -0.39 is 15.4 Å². The Morgan fingerprint density at radius 1 is 1.15 bits per heavy atom. The van der Waals surface area contributed by atoms with E-state index in [2.05, 4.69) is 0 Å². The van der Waals surface area contributed by atoms with Crippen LogP contribution in [-0.4, -0.2) is 24.2 Å². The average molecular weight is 384 g/mol. The largest absolute Gasteiger partial charge is 0.336 e. The maximum Gasteiger partial charge on any atom is 0.265 e. The smallest absolute Gasteiger partial charge is 0.265 e. The molecule has 1 aliphatic heterocycles. The molecule has 2 heterocycles. The molecule has 7 heteroatoms. The zero-order chi connectivity index (χ0) is 19.4. The van der Waals surface area contributed by atoms with Crippen molar-refractivity contribution < 1.29 is 13.3 Å². The number of aromatic nitrogens is 1. The third-order valence-electron chi connectivity index (χ3n) is 5.50. The first-order valence-electron chi connectivity index (χ1n) is 8.76. The number of aryl methyl sites for hydroxylation is 1. The molecule has 1 aromatic heterocycles. The van der Waals surface area contributed by atoms with Gasteiger partial charge >= 0.3 is 0 Å². The standard InChI is InChI=1S/C20H20N2O4S/c1-14-8-9-17-16(12-14)19(27(2,25)26)18-10-11-20(22(23)24,13-21(17)18)15-6-4-3-5-7-15/h3-9,12H,10-11,13H2,1-2H3/t20-/m1/s1. The third kappa shape index (κ3) is 2.65. The van der Waals surface area contributed by atoms with Gasteiger partial charge in [-0.1, -0.05) is 42.0 Å². The molecule has 0 radical (unpaired) electrons. The molecule has 0 N–H and O–H groups in total. The number of rotatable bonds is 3. The molecule has 0 aliphatic carbocycles. The molecule has 0 spiro atoms. The fraction of sp³-hybridized carbons (Fsp3) is 0.300. The van der Waals surface area contributed by atoms with Gasteiger partial charge in [0.2, 0.25) is 0 Å². The van der Waals surface area contributed by atoms with Crippen LogP contribution in [0.15, 0.2) is 53.4 Å². The Kier molecular flexibility index (Phi) is 3.89. The maximum atomic E-state index is 12.5. The lowest BCUT2D eigenvalue weighted by Gasteiger charge is -2.32. The lowest BCUT2D eigenvalue weighted by atomic mass is 9.83. The number of benzene rings is 2. The number of sulfone groups is 1.